The molecular formula is C18H25BO3. The molecule has 118 valence electrons. The highest BCUT2D eigenvalue weighted by molar-refractivity contribution is 6.54. The number of hydrogen-bond donors (Lipinski definition) is 0. The van der Waals surface area contributed by atoms with Crippen molar-refractivity contribution in [3.63, 3.8) is 0 Å². The zero-order valence-electron chi connectivity index (χ0n) is 14.2. The Labute approximate surface area is 133 Å². The van der Waals surface area contributed by atoms with Crippen LogP contribution in [0.1, 0.15) is 52.0 Å². The van der Waals surface area contributed by atoms with Crippen LogP contribution in [0.5, 0.6) is 5.75 Å². The van der Waals surface area contributed by atoms with E-state index in [4.69, 9.17) is 14.0 Å². The molecule has 22 heavy (non-hydrogen) atoms. The van der Waals surface area contributed by atoms with Crippen molar-refractivity contribution in [2.75, 3.05) is 7.11 Å². The molecule has 0 amide bonds. The monoisotopic (exact) mass is 300 g/mol. The van der Waals surface area contributed by atoms with Crippen LogP contribution in [0.3, 0.4) is 0 Å². The van der Waals surface area contributed by atoms with Gasteiger partial charge in [0, 0.05) is 0 Å². The summed E-state index contributed by atoms with van der Waals surface area (Å²) < 4.78 is 17.7. The first-order valence-corrected chi connectivity index (χ1v) is 8.01. The molecule has 3 nitrogen and oxygen atoms in total. The largest absolute Gasteiger partial charge is 0.497 e. The lowest BCUT2D eigenvalue weighted by Gasteiger charge is -2.32. The fourth-order valence-corrected chi connectivity index (χ4v) is 3.08. The van der Waals surface area contributed by atoms with Gasteiger partial charge in [0.05, 0.1) is 18.3 Å². The smallest absolute Gasteiger partial charge is 0.490 e. The second-order valence-corrected chi connectivity index (χ2v) is 7.28. The molecule has 1 aromatic rings. The summed E-state index contributed by atoms with van der Waals surface area (Å²) in [6, 6.07) is 8.35. The molecule has 0 bridgehead atoms. The summed E-state index contributed by atoms with van der Waals surface area (Å²) in [5.41, 5.74) is 2.05. The quantitative estimate of drug-likeness (QED) is 0.786. The maximum Gasteiger partial charge on any atom is 0.490 e. The zero-order valence-corrected chi connectivity index (χ0v) is 14.2. The van der Waals surface area contributed by atoms with Gasteiger partial charge in [-0.1, -0.05) is 18.2 Å². The van der Waals surface area contributed by atoms with E-state index in [9.17, 15) is 0 Å². The molecule has 1 fully saturated rings. The molecule has 1 unspecified atom stereocenters. The van der Waals surface area contributed by atoms with Gasteiger partial charge < -0.3 is 14.0 Å². The number of hydrogen-bond acceptors (Lipinski definition) is 3. The fraction of sp³-hybridized carbons (Fsp3) is 0.556. The maximum absolute atomic E-state index is 6.16. The minimum atomic E-state index is -0.271. The van der Waals surface area contributed by atoms with Crippen molar-refractivity contribution in [2.45, 2.75) is 57.7 Å². The minimum Gasteiger partial charge on any atom is -0.497 e. The van der Waals surface area contributed by atoms with Crippen LogP contribution in [0, 0.1) is 0 Å². The maximum atomic E-state index is 6.16. The molecule has 0 radical (unpaired) electrons. The van der Waals surface area contributed by atoms with E-state index in [2.05, 4.69) is 52.0 Å². The lowest BCUT2D eigenvalue weighted by Crippen LogP contribution is -2.41. The first-order valence-electron chi connectivity index (χ1n) is 8.01. The Bertz CT molecular complexity index is 576. The Morgan fingerprint density at radius 1 is 1.14 bits per heavy atom. The lowest BCUT2D eigenvalue weighted by molar-refractivity contribution is 0.00578. The van der Waals surface area contributed by atoms with Crippen molar-refractivity contribution in [1.82, 2.24) is 0 Å². The Balaban J connectivity index is 1.70. The van der Waals surface area contributed by atoms with Gasteiger partial charge in [-0.05, 0) is 69.6 Å². The minimum absolute atomic E-state index is 0.208. The standard InChI is InChI=1S/C18H25BO3/c1-17(2)18(3,4)22-19(21-17)15-10-9-14(11-15)13-7-6-8-16(12-13)20-5/h6-8,10,12,14H,9,11H2,1-5H3. The summed E-state index contributed by atoms with van der Waals surface area (Å²) in [6.45, 7) is 8.40. The molecular weight excluding hydrogens is 275 g/mol. The van der Waals surface area contributed by atoms with E-state index in [1.54, 1.807) is 7.11 Å². The van der Waals surface area contributed by atoms with Gasteiger partial charge >= 0.3 is 7.12 Å². The van der Waals surface area contributed by atoms with Crippen LogP contribution < -0.4 is 4.74 Å². The number of allylic oxidation sites excluding steroid dienone is 2. The molecule has 1 aliphatic carbocycles. The van der Waals surface area contributed by atoms with E-state index in [0.29, 0.717) is 5.92 Å². The van der Waals surface area contributed by atoms with Crippen molar-refractivity contribution < 1.29 is 14.0 Å². The topological polar surface area (TPSA) is 27.7 Å². The second-order valence-electron chi connectivity index (χ2n) is 7.28. The Morgan fingerprint density at radius 2 is 1.82 bits per heavy atom. The van der Waals surface area contributed by atoms with Crippen molar-refractivity contribution in [3.8, 4) is 5.75 Å². The molecule has 0 aromatic heterocycles. The van der Waals surface area contributed by atoms with Crippen molar-refractivity contribution in [3.05, 3.63) is 41.4 Å². The van der Waals surface area contributed by atoms with E-state index in [1.807, 2.05) is 6.07 Å². The SMILES string of the molecule is COc1cccc(C2CC=C(B3OC(C)(C)C(C)(C)O3)C2)c1. The third kappa shape index (κ3) is 2.70. The number of rotatable bonds is 3. The van der Waals surface area contributed by atoms with E-state index in [-0.39, 0.29) is 18.3 Å². The molecule has 1 aliphatic heterocycles. The molecule has 1 aromatic carbocycles. The van der Waals surface area contributed by atoms with Gasteiger partial charge in [-0.15, -0.1) is 0 Å². The van der Waals surface area contributed by atoms with Gasteiger partial charge in [0.15, 0.2) is 0 Å². The van der Waals surface area contributed by atoms with Crippen LogP contribution in [0.25, 0.3) is 0 Å². The summed E-state index contributed by atoms with van der Waals surface area (Å²) in [5, 5.41) is 0. The van der Waals surface area contributed by atoms with Gasteiger partial charge in [0.1, 0.15) is 5.75 Å². The predicted molar refractivity (Wildman–Crippen MR) is 89.1 cm³/mol. The van der Waals surface area contributed by atoms with E-state index in [1.165, 1.54) is 11.0 Å². The van der Waals surface area contributed by atoms with Gasteiger partial charge in [0.2, 0.25) is 0 Å². The molecule has 1 atom stereocenters. The first-order chi connectivity index (χ1) is 10.3. The van der Waals surface area contributed by atoms with Gasteiger partial charge in [0.25, 0.3) is 0 Å². The van der Waals surface area contributed by atoms with E-state index < -0.39 is 0 Å². The third-order valence-electron chi connectivity index (χ3n) is 5.27. The van der Waals surface area contributed by atoms with Gasteiger partial charge in [-0.3, -0.25) is 0 Å². The Hall–Kier alpha value is -1.26. The highest BCUT2D eigenvalue weighted by Crippen LogP contribution is 2.43. The summed E-state index contributed by atoms with van der Waals surface area (Å²) >= 11 is 0. The van der Waals surface area contributed by atoms with E-state index >= 15 is 0 Å². The third-order valence-corrected chi connectivity index (χ3v) is 5.27. The zero-order chi connectivity index (χ0) is 16.0. The van der Waals surface area contributed by atoms with Crippen LogP contribution in [0.2, 0.25) is 0 Å². The Kier molecular flexibility index (Phi) is 3.86. The van der Waals surface area contributed by atoms with E-state index in [0.717, 1.165) is 18.6 Å². The fourth-order valence-electron chi connectivity index (χ4n) is 3.08. The molecule has 3 rings (SSSR count). The van der Waals surface area contributed by atoms with Gasteiger partial charge in [-0.2, -0.15) is 0 Å². The van der Waals surface area contributed by atoms with Crippen molar-refractivity contribution in [1.29, 1.82) is 0 Å². The summed E-state index contributed by atoms with van der Waals surface area (Å²) in [7, 11) is 1.50. The molecule has 0 spiro atoms. The van der Waals surface area contributed by atoms with Crippen LogP contribution in [-0.4, -0.2) is 25.4 Å². The molecule has 0 saturated carbocycles. The normalized spacial score (nSPS) is 26.1. The first kappa shape index (κ1) is 15.6. The van der Waals surface area contributed by atoms with Crippen molar-refractivity contribution in [2.24, 2.45) is 0 Å². The van der Waals surface area contributed by atoms with Crippen LogP contribution in [0.15, 0.2) is 35.8 Å². The second kappa shape index (κ2) is 5.43. The highest BCUT2D eigenvalue weighted by atomic mass is 16.7. The predicted octanol–water partition coefficient (Wildman–Crippen LogP) is 4.13. The molecule has 4 heteroatoms. The molecule has 1 heterocycles. The number of ether oxygens (including phenoxy) is 1. The molecule has 0 N–H and O–H groups in total. The van der Waals surface area contributed by atoms with Crippen LogP contribution in [-0.2, 0) is 9.31 Å². The lowest BCUT2D eigenvalue weighted by atomic mass is 9.76. The van der Waals surface area contributed by atoms with Crippen LogP contribution in [0.4, 0.5) is 0 Å². The Morgan fingerprint density at radius 3 is 2.45 bits per heavy atom. The summed E-state index contributed by atoms with van der Waals surface area (Å²) in [4.78, 5) is 0. The highest BCUT2D eigenvalue weighted by Gasteiger charge is 2.52. The average molecular weight is 300 g/mol. The number of benzene rings is 1. The van der Waals surface area contributed by atoms with Gasteiger partial charge in [-0.25, -0.2) is 0 Å². The van der Waals surface area contributed by atoms with Crippen LogP contribution >= 0.6 is 0 Å². The number of methoxy groups -OCH3 is 1. The molecule has 1 saturated heterocycles. The van der Waals surface area contributed by atoms with Crippen molar-refractivity contribution >= 4 is 7.12 Å². The summed E-state index contributed by atoms with van der Waals surface area (Å²) in [5.74, 6) is 1.41. The average Bonchev–Trinajstić information content (AvgIpc) is 3.02. The summed E-state index contributed by atoms with van der Waals surface area (Å²) in [6.07, 6.45) is 4.31. The molecule has 2 aliphatic rings.